The summed E-state index contributed by atoms with van der Waals surface area (Å²) in [4.78, 5) is 24.4. The number of hydrogen-bond donors (Lipinski definition) is 2. The molecule has 2 amide bonds. The first-order valence-corrected chi connectivity index (χ1v) is 9.35. The van der Waals surface area contributed by atoms with Crippen LogP contribution < -0.4 is 20.3 Å². The molecule has 0 heterocycles. The van der Waals surface area contributed by atoms with Crippen molar-refractivity contribution >= 4 is 11.8 Å². The molecule has 30 heavy (non-hydrogen) atoms. The van der Waals surface area contributed by atoms with Crippen molar-refractivity contribution in [1.29, 1.82) is 0 Å². The Balaban J connectivity index is 1.49. The average Bonchev–Trinajstić information content (AvgIpc) is 2.76. The highest BCUT2D eigenvalue weighted by Crippen LogP contribution is 2.18. The fourth-order valence-electron chi connectivity index (χ4n) is 2.68. The fraction of sp³-hybridized carbons (Fsp3) is 0.130. The van der Waals surface area contributed by atoms with Gasteiger partial charge in [0.1, 0.15) is 30.5 Å². The van der Waals surface area contributed by atoms with Gasteiger partial charge in [-0.05, 0) is 42.0 Å². The molecule has 3 rings (SSSR count). The number of rotatable bonds is 8. The van der Waals surface area contributed by atoms with E-state index in [9.17, 15) is 14.0 Å². The molecule has 0 atom stereocenters. The number of amides is 2. The lowest BCUT2D eigenvalue weighted by Crippen LogP contribution is -2.42. The molecule has 0 unspecified atom stereocenters. The molecule has 7 heteroatoms. The van der Waals surface area contributed by atoms with Gasteiger partial charge in [-0.1, -0.05) is 42.5 Å². The van der Waals surface area contributed by atoms with E-state index in [0.717, 1.165) is 5.75 Å². The van der Waals surface area contributed by atoms with Gasteiger partial charge in [0.2, 0.25) is 5.91 Å². The van der Waals surface area contributed by atoms with E-state index >= 15 is 0 Å². The first kappa shape index (κ1) is 20.9. The summed E-state index contributed by atoms with van der Waals surface area (Å²) in [5, 5.41) is 0. The van der Waals surface area contributed by atoms with Crippen LogP contribution in [0.4, 0.5) is 4.39 Å². The third-order valence-corrected chi connectivity index (χ3v) is 4.05. The first-order valence-electron chi connectivity index (χ1n) is 9.35. The molecule has 0 fully saturated rings. The van der Waals surface area contributed by atoms with Crippen molar-refractivity contribution in [2.75, 3.05) is 13.2 Å². The normalized spacial score (nSPS) is 10.2. The minimum Gasteiger partial charge on any atom is -0.490 e. The molecule has 0 aliphatic rings. The summed E-state index contributed by atoms with van der Waals surface area (Å²) in [6, 6.07) is 21.7. The zero-order valence-corrected chi connectivity index (χ0v) is 16.1. The molecule has 2 N–H and O–H groups in total. The van der Waals surface area contributed by atoms with E-state index in [1.54, 1.807) is 30.3 Å². The molecule has 3 aromatic carbocycles. The molecule has 6 nitrogen and oxygen atoms in total. The molecule has 0 bridgehead atoms. The van der Waals surface area contributed by atoms with Gasteiger partial charge in [0.25, 0.3) is 5.91 Å². The lowest BCUT2D eigenvalue weighted by atomic mass is 10.1. The van der Waals surface area contributed by atoms with Crippen molar-refractivity contribution in [2.45, 2.75) is 6.42 Å². The lowest BCUT2D eigenvalue weighted by molar-refractivity contribution is -0.121. The van der Waals surface area contributed by atoms with Crippen LogP contribution in [0.3, 0.4) is 0 Å². The van der Waals surface area contributed by atoms with Crippen molar-refractivity contribution in [3.8, 4) is 11.5 Å². The van der Waals surface area contributed by atoms with Crippen molar-refractivity contribution in [2.24, 2.45) is 0 Å². The Kier molecular flexibility index (Phi) is 7.38. The third-order valence-electron chi connectivity index (χ3n) is 4.05. The smallest absolute Gasteiger partial charge is 0.273 e. The molecule has 0 aliphatic heterocycles. The van der Waals surface area contributed by atoms with Gasteiger partial charge in [-0.25, -0.2) is 4.39 Å². The quantitative estimate of drug-likeness (QED) is 0.443. The van der Waals surface area contributed by atoms with E-state index in [2.05, 4.69) is 10.9 Å². The van der Waals surface area contributed by atoms with Crippen molar-refractivity contribution in [3.05, 3.63) is 95.8 Å². The standard InChI is InChI=1S/C23H21FN2O4/c24-18-8-6-7-17(15-18)16-22(27)25-26-23(28)20-11-4-5-12-21(20)30-14-13-29-19-9-2-1-3-10-19/h1-12,15H,13-14,16H2,(H,25,27)(H,26,28). The minimum atomic E-state index is -0.526. The molecule has 0 saturated heterocycles. The second-order valence-corrected chi connectivity index (χ2v) is 6.32. The molecular formula is C23H21FN2O4. The van der Waals surface area contributed by atoms with Gasteiger partial charge in [0.05, 0.1) is 12.0 Å². The Labute approximate surface area is 173 Å². The second-order valence-electron chi connectivity index (χ2n) is 6.32. The number of benzene rings is 3. The van der Waals surface area contributed by atoms with Crippen molar-refractivity contribution < 1.29 is 23.5 Å². The van der Waals surface area contributed by atoms with Crippen LogP contribution in [0.15, 0.2) is 78.9 Å². The summed E-state index contributed by atoms with van der Waals surface area (Å²) in [6.07, 6.45) is -0.0625. The van der Waals surface area contributed by atoms with Crippen LogP contribution in [0.5, 0.6) is 11.5 Å². The zero-order chi connectivity index (χ0) is 21.2. The Bertz CT molecular complexity index is 995. The Morgan fingerprint density at radius 3 is 2.33 bits per heavy atom. The second kappa shape index (κ2) is 10.6. The number of nitrogens with one attached hydrogen (secondary N) is 2. The number of para-hydroxylation sites is 2. The van der Waals surface area contributed by atoms with Crippen molar-refractivity contribution in [1.82, 2.24) is 10.9 Å². The minimum absolute atomic E-state index is 0.0625. The van der Waals surface area contributed by atoms with E-state index in [1.165, 1.54) is 18.2 Å². The zero-order valence-electron chi connectivity index (χ0n) is 16.1. The summed E-state index contributed by atoms with van der Waals surface area (Å²) in [6.45, 7) is 0.551. The van der Waals surface area contributed by atoms with Crippen LogP contribution in [0, 0.1) is 5.82 Å². The van der Waals surface area contributed by atoms with Crippen LogP contribution in [-0.2, 0) is 11.2 Å². The number of halogens is 1. The summed E-state index contributed by atoms with van der Waals surface area (Å²) in [5.41, 5.74) is 5.44. The number of carbonyl (C=O) groups is 2. The molecular weight excluding hydrogens is 387 g/mol. The van der Waals surface area contributed by atoms with Gasteiger partial charge in [-0.15, -0.1) is 0 Å². The predicted molar refractivity (Wildman–Crippen MR) is 110 cm³/mol. The van der Waals surface area contributed by atoms with Gasteiger partial charge in [0.15, 0.2) is 0 Å². The predicted octanol–water partition coefficient (Wildman–Crippen LogP) is 3.29. The largest absolute Gasteiger partial charge is 0.490 e. The maximum atomic E-state index is 13.2. The van der Waals surface area contributed by atoms with Crippen LogP contribution in [0.1, 0.15) is 15.9 Å². The first-order chi connectivity index (χ1) is 14.6. The average molecular weight is 408 g/mol. The van der Waals surface area contributed by atoms with E-state index < -0.39 is 17.6 Å². The highest BCUT2D eigenvalue weighted by Gasteiger charge is 2.13. The number of carbonyl (C=O) groups excluding carboxylic acids is 2. The van der Waals surface area contributed by atoms with Crippen LogP contribution in [-0.4, -0.2) is 25.0 Å². The van der Waals surface area contributed by atoms with Gasteiger partial charge in [-0.2, -0.15) is 0 Å². The van der Waals surface area contributed by atoms with Gasteiger partial charge in [0, 0.05) is 0 Å². The Morgan fingerprint density at radius 2 is 1.53 bits per heavy atom. The van der Waals surface area contributed by atoms with E-state index in [1.807, 2.05) is 30.3 Å². The van der Waals surface area contributed by atoms with Gasteiger partial charge >= 0.3 is 0 Å². The van der Waals surface area contributed by atoms with Crippen molar-refractivity contribution in [3.63, 3.8) is 0 Å². The SMILES string of the molecule is O=C(Cc1cccc(F)c1)NNC(=O)c1ccccc1OCCOc1ccccc1. The highest BCUT2D eigenvalue weighted by molar-refractivity contribution is 5.97. The maximum Gasteiger partial charge on any atom is 0.273 e. The maximum absolute atomic E-state index is 13.2. The molecule has 0 aliphatic carbocycles. The topological polar surface area (TPSA) is 76.7 Å². The van der Waals surface area contributed by atoms with Crippen LogP contribution in [0.25, 0.3) is 0 Å². The monoisotopic (exact) mass is 408 g/mol. The van der Waals surface area contributed by atoms with Crippen LogP contribution >= 0.6 is 0 Å². The van der Waals surface area contributed by atoms with E-state index in [0.29, 0.717) is 17.9 Å². The molecule has 0 spiro atoms. The number of ether oxygens (including phenoxy) is 2. The molecule has 3 aromatic rings. The Hall–Kier alpha value is -3.87. The van der Waals surface area contributed by atoms with E-state index in [-0.39, 0.29) is 18.6 Å². The summed E-state index contributed by atoms with van der Waals surface area (Å²) < 4.78 is 24.4. The number of hydrogen-bond acceptors (Lipinski definition) is 4. The molecule has 0 aromatic heterocycles. The third kappa shape index (κ3) is 6.34. The van der Waals surface area contributed by atoms with Gasteiger partial charge < -0.3 is 9.47 Å². The Morgan fingerprint density at radius 1 is 0.800 bits per heavy atom. The highest BCUT2D eigenvalue weighted by atomic mass is 19.1. The summed E-state index contributed by atoms with van der Waals surface area (Å²) >= 11 is 0. The molecule has 0 radical (unpaired) electrons. The lowest BCUT2D eigenvalue weighted by Gasteiger charge is -2.13. The fourth-order valence-corrected chi connectivity index (χ4v) is 2.68. The van der Waals surface area contributed by atoms with Gasteiger partial charge in [-0.3, -0.25) is 20.4 Å². The summed E-state index contributed by atoms with van der Waals surface area (Å²) in [7, 11) is 0. The van der Waals surface area contributed by atoms with E-state index in [4.69, 9.17) is 9.47 Å². The van der Waals surface area contributed by atoms with Crippen LogP contribution in [0.2, 0.25) is 0 Å². The molecule has 0 saturated carbocycles. The number of hydrazine groups is 1. The molecule has 154 valence electrons. The summed E-state index contributed by atoms with van der Waals surface area (Å²) in [5.74, 6) is -0.323.